The zero-order valence-corrected chi connectivity index (χ0v) is 8.70. The predicted octanol–water partition coefficient (Wildman–Crippen LogP) is 0.726. The van der Waals surface area contributed by atoms with E-state index in [1.54, 1.807) is 7.11 Å². The number of aliphatic hydroxyl groups is 1. The van der Waals surface area contributed by atoms with Crippen molar-refractivity contribution >= 4 is 0 Å². The van der Waals surface area contributed by atoms with Crippen LogP contribution in [0, 0.1) is 5.92 Å². The second-order valence-electron chi connectivity index (χ2n) is 3.85. The molecule has 3 nitrogen and oxygen atoms in total. The van der Waals surface area contributed by atoms with E-state index in [1.165, 1.54) is 19.5 Å². The van der Waals surface area contributed by atoms with Crippen LogP contribution in [0.15, 0.2) is 0 Å². The van der Waals surface area contributed by atoms with E-state index in [0.29, 0.717) is 6.04 Å². The van der Waals surface area contributed by atoms with Crippen LogP contribution in [0.25, 0.3) is 0 Å². The lowest BCUT2D eigenvalue weighted by atomic mass is 9.94. The van der Waals surface area contributed by atoms with Gasteiger partial charge >= 0.3 is 0 Å². The van der Waals surface area contributed by atoms with Gasteiger partial charge in [0.25, 0.3) is 0 Å². The molecule has 0 bridgehead atoms. The van der Waals surface area contributed by atoms with Crippen LogP contribution in [0.5, 0.6) is 0 Å². The first-order valence-electron chi connectivity index (χ1n) is 5.15. The van der Waals surface area contributed by atoms with E-state index in [9.17, 15) is 0 Å². The molecule has 0 radical (unpaired) electrons. The summed E-state index contributed by atoms with van der Waals surface area (Å²) in [5.41, 5.74) is 0. The first-order chi connectivity index (χ1) is 6.31. The lowest BCUT2D eigenvalue weighted by molar-refractivity contribution is 0.000906. The maximum Gasteiger partial charge on any atom is 0.0618 e. The highest BCUT2D eigenvalue weighted by Crippen LogP contribution is 2.22. The highest BCUT2D eigenvalue weighted by atomic mass is 16.5. The highest BCUT2D eigenvalue weighted by molar-refractivity contribution is 4.84. The minimum atomic E-state index is 0.265. The summed E-state index contributed by atoms with van der Waals surface area (Å²) >= 11 is 0. The molecular weight excluding hydrogens is 166 g/mol. The van der Waals surface area contributed by atoms with Crippen LogP contribution in [0.4, 0.5) is 0 Å². The van der Waals surface area contributed by atoms with Gasteiger partial charge in [-0.1, -0.05) is 13.3 Å². The van der Waals surface area contributed by atoms with Gasteiger partial charge in [-0.3, -0.25) is 4.90 Å². The quantitative estimate of drug-likeness (QED) is 0.665. The number of ether oxygens (including phenoxy) is 1. The molecule has 13 heavy (non-hydrogen) atoms. The maximum absolute atomic E-state index is 8.87. The Morgan fingerprint density at radius 2 is 2.23 bits per heavy atom. The molecule has 1 N–H and O–H groups in total. The van der Waals surface area contributed by atoms with Crippen molar-refractivity contribution < 1.29 is 9.84 Å². The number of hydrogen-bond donors (Lipinski definition) is 1. The molecule has 0 aromatic carbocycles. The van der Waals surface area contributed by atoms with Crippen molar-refractivity contribution in [3.63, 3.8) is 0 Å². The number of rotatable bonds is 6. The van der Waals surface area contributed by atoms with Gasteiger partial charge in [0.2, 0.25) is 0 Å². The van der Waals surface area contributed by atoms with E-state index in [0.717, 1.165) is 18.9 Å². The van der Waals surface area contributed by atoms with E-state index in [4.69, 9.17) is 9.84 Å². The fourth-order valence-electron chi connectivity index (χ4n) is 1.88. The van der Waals surface area contributed by atoms with Gasteiger partial charge in [0, 0.05) is 32.8 Å². The maximum atomic E-state index is 8.87. The van der Waals surface area contributed by atoms with Gasteiger partial charge in [-0.2, -0.15) is 0 Å². The summed E-state index contributed by atoms with van der Waals surface area (Å²) in [4.78, 5) is 2.41. The number of aliphatic hydroxyl groups excluding tert-OH is 1. The summed E-state index contributed by atoms with van der Waals surface area (Å²) in [6.45, 7) is 5.62. The van der Waals surface area contributed by atoms with Crippen LogP contribution in [-0.2, 0) is 4.74 Å². The van der Waals surface area contributed by atoms with Gasteiger partial charge in [-0.15, -0.1) is 0 Å². The Hall–Kier alpha value is -0.120. The summed E-state index contributed by atoms with van der Waals surface area (Å²) in [5.74, 6) is 0.873. The summed E-state index contributed by atoms with van der Waals surface area (Å²) in [6.07, 6.45) is 2.11. The van der Waals surface area contributed by atoms with Gasteiger partial charge in [-0.25, -0.2) is 0 Å². The Bertz CT molecular complexity index is 129. The Morgan fingerprint density at radius 3 is 2.69 bits per heavy atom. The average molecular weight is 187 g/mol. The van der Waals surface area contributed by atoms with Crippen LogP contribution in [0.2, 0.25) is 0 Å². The average Bonchev–Trinajstić information content (AvgIpc) is 2.03. The van der Waals surface area contributed by atoms with Gasteiger partial charge in [0.15, 0.2) is 0 Å². The van der Waals surface area contributed by atoms with E-state index in [2.05, 4.69) is 11.8 Å². The first-order valence-corrected chi connectivity index (χ1v) is 5.15. The first kappa shape index (κ1) is 11.0. The largest absolute Gasteiger partial charge is 0.396 e. The van der Waals surface area contributed by atoms with Gasteiger partial charge in [0.1, 0.15) is 0 Å². The van der Waals surface area contributed by atoms with E-state index < -0.39 is 0 Å². The summed E-state index contributed by atoms with van der Waals surface area (Å²) in [7, 11) is 1.72. The summed E-state index contributed by atoms with van der Waals surface area (Å²) in [5, 5.41) is 8.87. The molecule has 1 heterocycles. The molecule has 0 aromatic rings. The van der Waals surface area contributed by atoms with Crippen molar-refractivity contribution in [1.82, 2.24) is 4.90 Å². The Labute approximate surface area is 80.7 Å². The van der Waals surface area contributed by atoms with Crippen molar-refractivity contribution in [3.05, 3.63) is 0 Å². The second kappa shape index (κ2) is 5.58. The van der Waals surface area contributed by atoms with Gasteiger partial charge in [-0.05, 0) is 12.3 Å². The third-order valence-electron chi connectivity index (χ3n) is 2.90. The van der Waals surface area contributed by atoms with Gasteiger partial charge in [0.05, 0.1) is 6.61 Å². The highest BCUT2D eigenvalue weighted by Gasteiger charge is 2.30. The third-order valence-corrected chi connectivity index (χ3v) is 2.90. The summed E-state index contributed by atoms with van der Waals surface area (Å²) < 4.78 is 5.13. The number of nitrogens with zero attached hydrogens (tertiary/aromatic N) is 1. The fraction of sp³-hybridized carbons (Fsp3) is 1.00. The van der Waals surface area contributed by atoms with Crippen molar-refractivity contribution in [2.75, 3.05) is 33.4 Å². The van der Waals surface area contributed by atoms with Crippen LogP contribution in [0.3, 0.4) is 0 Å². The molecule has 1 rings (SSSR count). The normalized spacial score (nSPS) is 21.5. The van der Waals surface area contributed by atoms with Crippen LogP contribution < -0.4 is 0 Å². The zero-order chi connectivity index (χ0) is 9.68. The van der Waals surface area contributed by atoms with Gasteiger partial charge < -0.3 is 9.84 Å². The number of methoxy groups -OCH3 is 1. The fourth-order valence-corrected chi connectivity index (χ4v) is 1.88. The van der Waals surface area contributed by atoms with Crippen LogP contribution >= 0.6 is 0 Å². The second-order valence-corrected chi connectivity index (χ2v) is 3.85. The molecule has 0 aliphatic carbocycles. The van der Waals surface area contributed by atoms with E-state index in [1.807, 2.05) is 0 Å². The molecule has 78 valence electrons. The minimum absolute atomic E-state index is 0.265. The lowest BCUT2D eigenvalue weighted by Crippen LogP contribution is -2.53. The summed E-state index contributed by atoms with van der Waals surface area (Å²) in [6, 6.07) is 0.429. The van der Waals surface area contributed by atoms with Crippen molar-refractivity contribution in [2.24, 2.45) is 5.92 Å². The Morgan fingerprint density at radius 1 is 1.54 bits per heavy atom. The molecule has 3 heteroatoms. The standard InChI is InChI=1S/C10H21NO2/c1-3-9-6-11(7-9)10(4-5-12)8-13-2/h9-10,12H,3-8H2,1-2H3. The molecule has 0 saturated carbocycles. The molecule has 0 spiro atoms. The molecule has 1 aliphatic heterocycles. The Kier molecular flexibility index (Phi) is 4.70. The van der Waals surface area contributed by atoms with Crippen molar-refractivity contribution in [3.8, 4) is 0 Å². The SMILES string of the molecule is CCC1CN(C(CCO)COC)C1. The molecule has 1 fully saturated rings. The smallest absolute Gasteiger partial charge is 0.0618 e. The van der Waals surface area contributed by atoms with Crippen LogP contribution in [-0.4, -0.2) is 49.5 Å². The van der Waals surface area contributed by atoms with E-state index in [-0.39, 0.29) is 6.61 Å². The molecule has 0 amide bonds. The third kappa shape index (κ3) is 2.93. The molecule has 1 unspecified atom stereocenters. The molecule has 1 aliphatic rings. The Balaban J connectivity index is 2.22. The predicted molar refractivity (Wildman–Crippen MR) is 52.7 cm³/mol. The molecule has 0 aromatic heterocycles. The molecule has 1 atom stereocenters. The molecular formula is C10H21NO2. The monoisotopic (exact) mass is 187 g/mol. The van der Waals surface area contributed by atoms with Crippen molar-refractivity contribution in [1.29, 1.82) is 0 Å². The number of hydrogen-bond acceptors (Lipinski definition) is 3. The topological polar surface area (TPSA) is 32.7 Å². The minimum Gasteiger partial charge on any atom is -0.396 e. The van der Waals surface area contributed by atoms with Crippen molar-refractivity contribution in [2.45, 2.75) is 25.8 Å². The zero-order valence-electron chi connectivity index (χ0n) is 8.70. The lowest BCUT2D eigenvalue weighted by Gasteiger charge is -2.44. The molecule has 1 saturated heterocycles. The van der Waals surface area contributed by atoms with Crippen LogP contribution in [0.1, 0.15) is 19.8 Å². The number of likely N-dealkylation sites (tertiary alicyclic amines) is 1. The van der Waals surface area contributed by atoms with E-state index >= 15 is 0 Å².